The van der Waals surface area contributed by atoms with Crippen molar-refractivity contribution < 1.29 is 4.79 Å². The van der Waals surface area contributed by atoms with Gasteiger partial charge in [-0.3, -0.25) is 4.79 Å². The van der Waals surface area contributed by atoms with E-state index in [0.29, 0.717) is 10.6 Å². The molecule has 0 aliphatic rings. The van der Waals surface area contributed by atoms with Crippen LogP contribution in [0.5, 0.6) is 0 Å². The van der Waals surface area contributed by atoms with E-state index in [4.69, 9.17) is 11.6 Å². The smallest absolute Gasteiger partial charge is 0.164 e. The second-order valence-electron chi connectivity index (χ2n) is 5.28. The summed E-state index contributed by atoms with van der Waals surface area (Å²) in [5, 5.41) is 5.62. The number of rotatable bonds is 5. The number of thioether (sulfide) groups is 1. The normalized spacial score (nSPS) is 10.8. The summed E-state index contributed by atoms with van der Waals surface area (Å²) in [6.45, 7) is 3.62. The van der Waals surface area contributed by atoms with Gasteiger partial charge in [0, 0.05) is 5.39 Å². The third kappa shape index (κ3) is 3.25. The van der Waals surface area contributed by atoms with E-state index in [-0.39, 0.29) is 5.78 Å². The van der Waals surface area contributed by atoms with Crippen LogP contribution in [0.15, 0.2) is 53.6 Å². The Morgan fingerprint density at radius 2 is 1.88 bits per heavy atom. The standard InChI is InChI=1S/C19H17ClN2OS/c1-3-24-19-17(12(2)23)18(13-8-4-6-10-15(13)22-19)21-16-11-7-5-9-14(16)20/h4-11H,3H2,1-2H3,(H,21,22). The van der Waals surface area contributed by atoms with E-state index in [2.05, 4.69) is 10.3 Å². The lowest BCUT2D eigenvalue weighted by Gasteiger charge is -2.17. The number of para-hydroxylation sites is 2. The molecule has 0 spiro atoms. The Balaban J connectivity index is 2.28. The van der Waals surface area contributed by atoms with Crippen LogP contribution in [-0.4, -0.2) is 16.5 Å². The Morgan fingerprint density at radius 1 is 1.17 bits per heavy atom. The largest absolute Gasteiger partial charge is 0.353 e. The molecule has 3 nitrogen and oxygen atoms in total. The van der Waals surface area contributed by atoms with Crippen LogP contribution in [0.4, 0.5) is 11.4 Å². The van der Waals surface area contributed by atoms with Gasteiger partial charge in [0.1, 0.15) is 5.03 Å². The van der Waals surface area contributed by atoms with Gasteiger partial charge in [-0.1, -0.05) is 48.9 Å². The van der Waals surface area contributed by atoms with Crippen LogP contribution in [0.25, 0.3) is 10.9 Å². The van der Waals surface area contributed by atoms with E-state index >= 15 is 0 Å². The number of anilines is 2. The van der Waals surface area contributed by atoms with Crippen LogP contribution >= 0.6 is 23.4 Å². The fourth-order valence-corrected chi connectivity index (χ4v) is 3.59. The highest BCUT2D eigenvalue weighted by molar-refractivity contribution is 7.99. The second kappa shape index (κ2) is 7.24. The Bertz CT molecular complexity index is 911. The van der Waals surface area contributed by atoms with Crippen molar-refractivity contribution in [1.82, 2.24) is 4.98 Å². The molecule has 1 aromatic heterocycles. The number of hydrogen-bond donors (Lipinski definition) is 1. The fraction of sp³-hybridized carbons (Fsp3) is 0.158. The number of pyridine rings is 1. The van der Waals surface area contributed by atoms with Crippen molar-refractivity contribution in [3.63, 3.8) is 0 Å². The number of carbonyl (C=O) groups excluding carboxylic acids is 1. The van der Waals surface area contributed by atoms with Crippen molar-refractivity contribution >= 4 is 51.4 Å². The molecule has 24 heavy (non-hydrogen) atoms. The highest BCUT2D eigenvalue weighted by Crippen LogP contribution is 2.37. The Labute approximate surface area is 150 Å². The van der Waals surface area contributed by atoms with Gasteiger partial charge in [-0.15, -0.1) is 11.8 Å². The van der Waals surface area contributed by atoms with Crippen molar-refractivity contribution in [2.75, 3.05) is 11.1 Å². The summed E-state index contributed by atoms with van der Waals surface area (Å²) >= 11 is 7.86. The van der Waals surface area contributed by atoms with Gasteiger partial charge in [-0.25, -0.2) is 4.98 Å². The highest BCUT2D eigenvalue weighted by Gasteiger charge is 2.19. The van der Waals surface area contributed by atoms with E-state index in [1.807, 2.05) is 55.5 Å². The maximum atomic E-state index is 12.4. The minimum atomic E-state index is -0.0150. The highest BCUT2D eigenvalue weighted by atomic mass is 35.5. The van der Waals surface area contributed by atoms with Gasteiger partial charge in [0.15, 0.2) is 5.78 Å². The van der Waals surface area contributed by atoms with E-state index < -0.39 is 0 Å². The summed E-state index contributed by atoms with van der Waals surface area (Å²) in [6, 6.07) is 15.3. The summed E-state index contributed by atoms with van der Waals surface area (Å²) in [6.07, 6.45) is 0. The van der Waals surface area contributed by atoms with E-state index in [1.165, 1.54) is 0 Å². The minimum absolute atomic E-state index is 0.0150. The summed E-state index contributed by atoms with van der Waals surface area (Å²) in [5.41, 5.74) is 3.00. The van der Waals surface area contributed by atoms with Gasteiger partial charge in [-0.2, -0.15) is 0 Å². The quantitative estimate of drug-likeness (QED) is 0.453. The first kappa shape index (κ1) is 16.8. The number of aromatic nitrogens is 1. The first-order valence-electron chi connectivity index (χ1n) is 7.69. The molecule has 122 valence electrons. The van der Waals surface area contributed by atoms with Crippen LogP contribution in [0, 0.1) is 0 Å². The number of halogens is 1. The zero-order chi connectivity index (χ0) is 17.1. The summed E-state index contributed by atoms with van der Waals surface area (Å²) in [7, 11) is 0. The zero-order valence-corrected chi connectivity index (χ0v) is 15.0. The summed E-state index contributed by atoms with van der Waals surface area (Å²) < 4.78 is 0. The molecule has 0 aliphatic heterocycles. The number of benzene rings is 2. The van der Waals surface area contributed by atoms with Crippen LogP contribution in [0.2, 0.25) is 5.02 Å². The molecule has 0 radical (unpaired) electrons. The summed E-state index contributed by atoms with van der Waals surface area (Å²) in [5.74, 6) is 0.829. The summed E-state index contributed by atoms with van der Waals surface area (Å²) in [4.78, 5) is 17.0. The Kier molecular flexibility index (Phi) is 5.07. The minimum Gasteiger partial charge on any atom is -0.353 e. The Morgan fingerprint density at radius 3 is 2.58 bits per heavy atom. The fourth-order valence-electron chi connectivity index (χ4n) is 2.58. The lowest BCUT2D eigenvalue weighted by molar-refractivity contribution is 0.101. The van der Waals surface area contributed by atoms with Crippen LogP contribution < -0.4 is 5.32 Å². The predicted octanol–water partition coefficient (Wildman–Crippen LogP) is 5.95. The average molecular weight is 357 g/mol. The number of Topliss-reactive ketones (excluding diaryl/α,β-unsaturated/α-hetero) is 1. The molecular weight excluding hydrogens is 340 g/mol. The molecule has 0 saturated heterocycles. The third-order valence-electron chi connectivity index (χ3n) is 3.63. The topological polar surface area (TPSA) is 42.0 Å². The van der Waals surface area contributed by atoms with E-state index in [0.717, 1.165) is 33.1 Å². The lowest BCUT2D eigenvalue weighted by atomic mass is 10.1. The molecule has 5 heteroatoms. The van der Waals surface area contributed by atoms with Crippen molar-refractivity contribution in [3.05, 3.63) is 59.1 Å². The van der Waals surface area contributed by atoms with Gasteiger partial charge in [0.05, 0.1) is 27.5 Å². The number of nitrogens with zero attached hydrogens (tertiary/aromatic N) is 1. The number of ketones is 1. The molecule has 1 heterocycles. The van der Waals surface area contributed by atoms with Crippen molar-refractivity contribution in [1.29, 1.82) is 0 Å². The van der Waals surface area contributed by atoms with Crippen LogP contribution in [-0.2, 0) is 0 Å². The van der Waals surface area contributed by atoms with Crippen molar-refractivity contribution in [2.45, 2.75) is 18.9 Å². The molecule has 0 saturated carbocycles. The molecule has 0 fully saturated rings. The van der Waals surface area contributed by atoms with Gasteiger partial charge < -0.3 is 5.32 Å². The molecule has 3 aromatic rings. The van der Waals surface area contributed by atoms with E-state index in [9.17, 15) is 4.79 Å². The van der Waals surface area contributed by atoms with Crippen LogP contribution in [0.3, 0.4) is 0 Å². The van der Waals surface area contributed by atoms with Gasteiger partial charge in [0.2, 0.25) is 0 Å². The van der Waals surface area contributed by atoms with Gasteiger partial charge in [-0.05, 0) is 30.9 Å². The van der Waals surface area contributed by atoms with Crippen molar-refractivity contribution in [3.8, 4) is 0 Å². The SMILES string of the molecule is CCSc1nc2ccccc2c(Nc2ccccc2Cl)c1C(C)=O. The van der Waals surface area contributed by atoms with Gasteiger partial charge >= 0.3 is 0 Å². The third-order valence-corrected chi connectivity index (χ3v) is 4.81. The second-order valence-corrected chi connectivity index (χ2v) is 6.94. The number of nitrogens with one attached hydrogen (secondary N) is 1. The predicted molar refractivity (Wildman–Crippen MR) is 103 cm³/mol. The van der Waals surface area contributed by atoms with Crippen LogP contribution in [0.1, 0.15) is 24.2 Å². The molecular formula is C19H17ClN2OS. The number of hydrogen-bond acceptors (Lipinski definition) is 4. The first-order chi connectivity index (χ1) is 11.6. The zero-order valence-electron chi connectivity index (χ0n) is 13.5. The van der Waals surface area contributed by atoms with Crippen molar-refractivity contribution in [2.24, 2.45) is 0 Å². The molecule has 0 aliphatic carbocycles. The maximum Gasteiger partial charge on any atom is 0.164 e. The average Bonchev–Trinajstić information content (AvgIpc) is 2.57. The molecule has 1 N–H and O–H groups in total. The molecule has 0 amide bonds. The molecule has 2 aromatic carbocycles. The van der Waals surface area contributed by atoms with E-state index in [1.54, 1.807) is 18.7 Å². The number of fused-ring (bicyclic) bond motifs is 1. The molecule has 3 rings (SSSR count). The Hall–Kier alpha value is -2.04. The number of carbonyl (C=O) groups is 1. The first-order valence-corrected chi connectivity index (χ1v) is 9.06. The molecule has 0 atom stereocenters. The monoisotopic (exact) mass is 356 g/mol. The molecule has 0 bridgehead atoms. The van der Waals surface area contributed by atoms with Gasteiger partial charge in [0.25, 0.3) is 0 Å². The lowest BCUT2D eigenvalue weighted by Crippen LogP contribution is -2.06. The molecule has 0 unspecified atom stereocenters. The maximum absolute atomic E-state index is 12.4.